The molecule has 22 heavy (non-hydrogen) atoms. The Balaban J connectivity index is 2.46. The van der Waals surface area contributed by atoms with Crippen LogP contribution in [0.5, 0.6) is 0 Å². The Labute approximate surface area is 131 Å². The smallest absolute Gasteiger partial charge is 0.407 e. The number of hydrogen-bond donors (Lipinski definition) is 1. The zero-order valence-electron chi connectivity index (χ0n) is 14.3. The first-order valence-corrected chi connectivity index (χ1v) is 7.60. The Morgan fingerprint density at radius 2 is 1.64 bits per heavy atom. The molecule has 1 amide bonds. The van der Waals surface area contributed by atoms with Crippen LogP contribution in [0.2, 0.25) is 0 Å². The third kappa shape index (κ3) is 6.45. The van der Waals surface area contributed by atoms with E-state index in [1.54, 1.807) is 41.5 Å². The molecular weight excluding hydrogens is 286 g/mol. The van der Waals surface area contributed by atoms with Gasteiger partial charge in [-0.15, -0.1) is 0 Å². The van der Waals surface area contributed by atoms with Gasteiger partial charge in [0.05, 0.1) is 5.92 Å². The highest BCUT2D eigenvalue weighted by molar-refractivity contribution is 5.90. The Kier molecular flexibility index (Phi) is 5.59. The van der Waals surface area contributed by atoms with Gasteiger partial charge in [0.25, 0.3) is 0 Å². The summed E-state index contributed by atoms with van der Waals surface area (Å²) in [6.45, 7) is 10.9. The number of ether oxygens (including phenoxy) is 2. The van der Waals surface area contributed by atoms with Crippen molar-refractivity contribution in [1.29, 1.82) is 0 Å². The van der Waals surface area contributed by atoms with Gasteiger partial charge in [-0.25, -0.2) is 4.79 Å². The van der Waals surface area contributed by atoms with E-state index >= 15 is 0 Å². The Bertz CT molecular complexity index is 444. The van der Waals surface area contributed by atoms with Crippen molar-refractivity contribution in [1.82, 2.24) is 5.32 Å². The molecule has 0 aromatic rings. The van der Waals surface area contributed by atoms with Crippen molar-refractivity contribution < 1.29 is 23.9 Å². The van der Waals surface area contributed by atoms with Crippen molar-refractivity contribution in [2.45, 2.75) is 65.6 Å². The van der Waals surface area contributed by atoms with Gasteiger partial charge in [0.15, 0.2) is 0 Å². The predicted octanol–water partition coefficient (Wildman–Crippen LogP) is 2.45. The number of carbonyl (C=O) groups excluding carboxylic acids is 3. The zero-order chi connectivity index (χ0) is 17.1. The molecule has 1 rings (SSSR count). The zero-order valence-corrected chi connectivity index (χ0v) is 14.3. The summed E-state index contributed by atoms with van der Waals surface area (Å²) >= 11 is 0. The summed E-state index contributed by atoms with van der Waals surface area (Å²) in [7, 11) is 0. The second kappa shape index (κ2) is 6.67. The lowest BCUT2D eigenvalue weighted by Gasteiger charge is -2.22. The van der Waals surface area contributed by atoms with Gasteiger partial charge < -0.3 is 14.8 Å². The average molecular weight is 313 g/mol. The fraction of sp³-hybridized carbons (Fsp3) is 0.812. The molecule has 2 atom stereocenters. The second-order valence-corrected chi connectivity index (χ2v) is 7.72. The van der Waals surface area contributed by atoms with Crippen LogP contribution in [0.4, 0.5) is 4.79 Å². The SMILES string of the molecule is CC(C)(C)OC(=O)NCC1CC(C(=O)OC(C)(C)C)CC1=O. The van der Waals surface area contributed by atoms with Crippen LogP contribution in [-0.2, 0) is 19.1 Å². The number of esters is 1. The number of nitrogens with one attached hydrogen (secondary N) is 1. The van der Waals surface area contributed by atoms with E-state index in [4.69, 9.17) is 9.47 Å². The minimum atomic E-state index is -0.581. The molecule has 6 heteroatoms. The van der Waals surface area contributed by atoms with Crippen LogP contribution in [0.15, 0.2) is 0 Å². The molecule has 6 nitrogen and oxygen atoms in total. The number of alkyl carbamates (subject to hydrolysis) is 1. The number of hydrogen-bond acceptors (Lipinski definition) is 5. The third-order valence-corrected chi connectivity index (χ3v) is 3.10. The van der Waals surface area contributed by atoms with Crippen molar-refractivity contribution in [2.24, 2.45) is 11.8 Å². The molecule has 0 aromatic heterocycles. The van der Waals surface area contributed by atoms with Crippen molar-refractivity contribution in [3.8, 4) is 0 Å². The van der Waals surface area contributed by atoms with Crippen molar-refractivity contribution >= 4 is 17.8 Å². The first-order valence-electron chi connectivity index (χ1n) is 7.60. The lowest BCUT2D eigenvalue weighted by atomic mass is 10.0. The topological polar surface area (TPSA) is 81.7 Å². The highest BCUT2D eigenvalue weighted by atomic mass is 16.6. The summed E-state index contributed by atoms with van der Waals surface area (Å²) in [6.07, 6.45) is 0.0279. The van der Waals surface area contributed by atoms with Gasteiger partial charge in [0, 0.05) is 18.9 Å². The summed E-state index contributed by atoms with van der Waals surface area (Å²) in [4.78, 5) is 35.5. The maximum absolute atomic E-state index is 12.0. The predicted molar refractivity (Wildman–Crippen MR) is 81.3 cm³/mol. The van der Waals surface area contributed by atoms with Crippen molar-refractivity contribution in [3.05, 3.63) is 0 Å². The molecule has 1 saturated carbocycles. The summed E-state index contributed by atoms with van der Waals surface area (Å²) in [6, 6.07) is 0. The maximum atomic E-state index is 12.0. The standard InChI is InChI=1S/C16H27NO5/c1-15(2,3)21-13(19)10-7-11(12(18)8-10)9-17-14(20)22-16(4,5)6/h10-11H,7-9H2,1-6H3,(H,17,20). The van der Waals surface area contributed by atoms with Gasteiger partial charge in [-0.2, -0.15) is 0 Å². The van der Waals surface area contributed by atoms with Gasteiger partial charge in [0.1, 0.15) is 17.0 Å². The minimum Gasteiger partial charge on any atom is -0.460 e. The maximum Gasteiger partial charge on any atom is 0.407 e. The first kappa shape index (κ1) is 18.5. The number of ketones is 1. The lowest BCUT2D eigenvalue weighted by Crippen LogP contribution is -2.36. The molecule has 0 aromatic carbocycles. The summed E-state index contributed by atoms with van der Waals surface area (Å²) in [5, 5.41) is 2.59. The molecule has 1 N–H and O–H groups in total. The molecule has 0 spiro atoms. The third-order valence-electron chi connectivity index (χ3n) is 3.10. The summed E-state index contributed by atoms with van der Waals surface area (Å²) in [5.74, 6) is -1.14. The molecule has 0 bridgehead atoms. The van der Waals surface area contributed by atoms with Gasteiger partial charge in [-0.05, 0) is 48.0 Å². The summed E-state index contributed by atoms with van der Waals surface area (Å²) in [5.41, 5.74) is -1.14. The monoisotopic (exact) mass is 313 g/mol. The van der Waals surface area contributed by atoms with Crippen LogP contribution >= 0.6 is 0 Å². The molecule has 126 valence electrons. The lowest BCUT2D eigenvalue weighted by molar-refractivity contribution is -0.160. The Morgan fingerprint density at radius 3 is 2.14 bits per heavy atom. The van der Waals surface area contributed by atoms with Gasteiger partial charge in [-0.1, -0.05) is 0 Å². The fourth-order valence-corrected chi connectivity index (χ4v) is 2.25. The van der Waals surface area contributed by atoms with Crippen LogP contribution in [0.25, 0.3) is 0 Å². The molecule has 2 unspecified atom stereocenters. The Morgan fingerprint density at radius 1 is 1.09 bits per heavy atom. The fourth-order valence-electron chi connectivity index (χ4n) is 2.25. The van der Waals surface area contributed by atoms with E-state index in [-0.39, 0.29) is 30.6 Å². The Hall–Kier alpha value is -1.59. The minimum absolute atomic E-state index is 0.0214. The van der Waals surface area contributed by atoms with E-state index in [2.05, 4.69) is 5.32 Å². The molecular formula is C16H27NO5. The van der Waals surface area contributed by atoms with Crippen LogP contribution in [0.1, 0.15) is 54.4 Å². The molecule has 1 aliphatic rings. The van der Waals surface area contributed by atoms with Crippen molar-refractivity contribution in [2.75, 3.05) is 6.54 Å². The molecule has 0 aliphatic heterocycles. The molecule has 1 fully saturated rings. The van der Waals surface area contributed by atoms with Crippen LogP contribution in [0, 0.1) is 11.8 Å². The molecule has 0 radical (unpaired) electrons. The summed E-state index contributed by atoms with van der Waals surface area (Å²) < 4.78 is 10.4. The number of amides is 1. The average Bonchev–Trinajstić information content (AvgIpc) is 2.63. The van der Waals surface area contributed by atoms with Gasteiger partial charge in [-0.3, -0.25) is 9.59 Å². The van der Waals surface area contributed by atoms with E-state index in [0.717, 1.165) is 0 Å². The highest BCUT2D eigenvalue weighted by Crippen LogP contribution is 2.29. The first-order chi connectivity index (χ1) is 9.87. The second-order valence-electron chi connectivity index (χ2n) is 7.72. The largest absolute Gasteiger partial charge is 0.460 e. The quantitative estimate of drug-likeness (QED) is 0.809. The van der Waals surface area contributed by atoms with E-state index in [1.807, 2.05) is 0 Å². The van der Waals surface area contributed by atoms with Crippen LogP contribution < -0.4 is 5.32 Å². The van der Waals surface area contributed by atoms with Crippen molar-refractivity contribution in [3.63, 3.8) is 0 Å². The van der Waals surface area contributed by atoms with E-state index in [0.29, 0.717) is 6.42 Å². The molecule has 0 saturated heterocycles. The van der Waals surface area contributed by atoms with Gasteiger partial charge >= 0.3 is 12.1 Å². The van der Waals surface area contributed by atoms with Crippen LogP contribution in [-0.4, -0.2) is 35.6 Å². The number of rotatable bonds is 3. The number of Topliss-reactive ketones (excluding diaryl/α,β-unsaturated/α-hetero) is 1. The highest BCUT2D eigenvalue weighted by Gasteiger charge is 2.38. The van der Waals surface area contributed by atoms with E-state index in [9.17, 15) is 14.4 Å². The van der Waals surface area contributed by atoms with E-state index in [1.165, 1.54) is 0 Å². The number of carbonyl (C=O) groups is 3. The van der Waals surface area contributed by atoms with Crippen LogP contribution in [0.3, 0.4) is 0 Å². The van der Waals surface area contributed by atoms with Gasteiger partial charge in [0.2, 0.25) is 0 Å². The molecule has 0 heterocycles. The normalized spacial score (nSPS) is 22.4. The van der Waals surface area contributed by atoms with E-state index < -0.39 is 23.2 Å². The molecule has 1 aliphatic carbocycles.